The predicted molar refractivity (Wildman–Crippen MR) is 269 cm³/mol. The van der Waals surface area contributed by atoms with Crippen LogP contribution in [0.25, 0.3) is 22.1 Å². The number of nitrogens with zero attached hydrogens (tertiary/aromatic N) is 9. The quantitative estimate of drug-likeness (QED) is 0.112. The maximum Gasteiger partial charge on any atom is 0.410 e. The second-order valence-electron chi connectivity index (χ2n) is 17.3. The highest BCUT2D eigenvalue weighted by molar-refractivity contribution is 5.85. The third kappa shape index (κ3) is 12.5. The topological polar surface area (TPSA) is 229 Å². The number of fused-ring (bicyclic) bond motifs is 4. The molecule has 68 heavy (non-hydrogen) atoms. The van der Waals surface area contributed by atoms with Gasteiger partial charge in [0, 0.05) is 72.9 Å². The van der Waals surface area contributed by atoms with Gasteiger partial charge in [-0.15, -0.1) is 12.4 Å². The minimum absolute atomic E-state index is 0. The summed E-state index contributed by atoms with van der Waals surface area (Å²) in [5.74, 6) is 0.798. The van der Waals surface area contributed by atoms with Gasteiger partial charge >= 0.3 is 6.09 Å². The van der Waals surface area contributed by atoms with E-state index in [2.05, 4.69) is 48.0 Å². The normalized spacial score (nSPS) is 13.5. The van der Waals surface area contributed by atoms with Crippen molar-refractivity contribution in [3.8, 4) is 12.1 Å². The molecule has 2 aliphatic rings. The van der Waals surface area contributed by atoms with Gasteiger partial charge in [0.05, 0.1) is 0 Å². The van der Waals surface area contributed by atoms with E-state index in [1.54, 1.807) is 39.4 Å². The number of benzene rings is 2. The molecule has 18 heteroatoms. The molecule has 0 saturated carbocycles. The van der Waals surface area contributed by atoms with Gasteiger partial charge in [-0.2, -0.15) is 20.5 Å². The second-order valence-corrected chi connectivity index (χ2v) is 17.3. The van der Waals surface area contributed by atoms with Crippen molar-refractivity contribution >= 4 is 63.8 Å². The molecule has 0 bridgehead atoms. The number of hydrogen-bond donors (Lipinski definition) is 4. The number of hydrogen-bond acceptors (Lipinski definition) is 14. The van der Waals surface area contributed by atoms with Crippen LogP contribution in [0, 0.1) is 22.7 Å². The fraction of sp³-hybridized carbons (Fsp3) is 0.420. The van der Waals surface area contributed by atoms with Gasteiger partial charge < -0.3 is 30.7 Å². The summed E-state index contributed by atoms with van der Waals surface area (Å²) < 4.78 is 8.67. The monoisotopic (exact) mass is 946 g/mol. The zero-order chi connectivity index (χ0) is 47.7. The van der Waals surface area contributed by atoms with Gasteiger partial charge in [-0.05, 0) is 132 Å². The van der Waals surface area contributed by atoms with Crippen molar-refractivity contribution in [3.63, 3.8) is 0 Å². The lowest BCUT2D eigenvalue weighted by Crippen LogP contribution is -2.39. The van der Waals surface area contributed by atoms with Crippen molar-refractivity contribution < 1.29 is 14.6 Å². The first-order chi connectivity index (χ1) is 31.6. The zero-order valence-corrected chi connectivity index (χ0v) is 40.1. The number of anilines is 4. The number of aliphatic hydroxyl groups is 1. The highest BCUT2D eigenvalue weighted by Gasteiger charge is 2.26. The van der Waals surface area contributed by atoms with Crippen LogP contribution < -0.4 is 27.1 Å². The molecule has 8 rings (SSSR count). The van der Waals surface area contributed by atoms with E-state index in [1.165, 1.54) is 17.2 Å². The number of aromatic nitrogens is 6. The van der Waals surface area contributed by atoms with E-state index < -0.39 is 5.60 Å². The first kappa shape index (κ1) is 53.7. The molecule has 0 aliphatic carbocycles. The zero-order valence-electron chi connectivity index (χ0n) is 39.3. The summed E-state index contributed by atoms with van der Waals surface area (Å²) in [6.07, 6.45) is 6.17. The molecular formula is C50H63ClN12O5. The van der Waals surface area contributed by atoms with E-state index >= 15 is 0 Å². The largest absolute Gasteiger partial charge is 0.444 e. The average molecular weight is 948 g/mol. The van der Waals surface area contributed by atoms with E-state index in [9.17, 15) is 24.9 Å². The summed E-state index contributed by atoms with van der Waals surface area (Å²) in [6, 6.07) is 19.1. The van der Waals surface area contributed by atoms with Crippen LogP contribution in [0.5, 0.6) is 0 Å². The molecule has 6 aromatic rings. The lowest BCUT2D eigenvalue weighted by atomic mass is 9.99. The molecular weight excluding hydrogens is 884 g/mol. The summed E-state index contributed by atoms with van der Waals surface area (Å²) in [5.41, 5.74) is 6.63. The maximum atomic E-state index is 12.8. The Labute approximate surface area is 403 Å². The van der Waals surface area contributed by atoms with Crippen LogP contribution >= 0.6 is 12.4 Å². The molecule has 0 fully saturated rings. The number of carbonyl (C=O) groups excluding carboxylic acids is 1. The minimum atomic E-state index is -0.527. The van der Waals surface area contributed by atoms with Gasteiger partial charge in [0.25, 0.3) is 11.1 Å². The van der Waals surface area contributed by atoms with Gasteiger partial charge in [0.2, 0.25) is 11.9 Å². The molecule has 2 aliphatic heterocycles. The number of ether oxygens (including phenoxy) is 1. The number of rotatable bonds is 8. The molecule has 17 nitrogen and oxygen atoms in total. The molecule has 2 atom stereocenters. The molecule has 2 unspecified atom stereocenters. The summed E-state index contributed by atoms with van der Waals surface area (Å²) >= 11 is 0. The minimum Gasteiger partial charge on any atom is -0.444 e. The fourth-order valence-electron chi connectivity index (χ4n) is 7.63. The molecule has 4 aromatic heterocycles. The van der Waals surface area contributed by atoms with Crippen molar-refractivity contribution in [1.82, 2.24) is 39.3 Å². The Balaban J connectivity index is 0.000000278. The molecule has 0 saturated heterocycles. The first-order valence-electron chi connectivity index (χ1n) is 22.3. The van der Waals surface area contributed by atoms with Gasteiger partial charge in [0.1, 0.15) is 40.2 Å². The Hall–Kier alpha value is -6.92. The van der Waals surface area contributed by atoms with Crippen molar-refractivity contribution in [2.75, 3.05) is 30.3 Å². The fourth-order valence-corrected chi connectivity index (χ4v) is 7.63. The van der Waals surface area contributed by atoms with Gasteiger partial charge in [-0.1, -0.05) is 33.4 Å². The first-order valence-corrected chi connectivity index (χ1v) is 22.3. The summed E-state index contributed by atoms with van der Waals surface area (Å²) in [7, 11) is 0. The average Bonchev–Trinajstić information content (AvgIpc) is 3.30. The van der Waals surface area contributed by atoms with Crippen molar-refractivity contribution in [1.29, 1.82) is 10.5 Å². The molecule has 4 N–H and O–H groups in total. The number of nitriles is 2. The Bertz CT molecular complexity index is 2950. The Morgan fingerprint density at radius 2 is 1.26 bits per heavy atom. The predicted octanol–water partition coefficient (Wildman–Crippen LogP) is 8.75. The highest BCUT2D eigenvalue weighted by Crippen LogP contribution is 2.27. The van der Waals surface area contributed by atoms with E-state index in [4.69, 9.17) is 9.84 Å². The smallest absolute Gasteiger partial charge is 0.410 e. The third-order valence-corrected chi connectivity index (χ3v) is 11.3. The number of halogens is 1. The van der Waals surface area contributed by atoms with Crippen LogP contribution in [-0.2, 0) is 30.7 Å². The number of pyridine rings is 2. The number of aliphatic hydroxyl groups excluding tert-OH is 1. The Morgan fingerprint density at radius 3 is 1.72 bits per heavy atom. The van der Waals surface area contributed by atoms with E-state index in [-0.39, 0.29) is 66.9 Å². The molecule has 0 radical (unpaired) electrons. The molecule has 6 heterocycles. The molecule has 0 spiro atoms. The summed E-state index contributed by atoms with van der Waals surface area (Å²) in [6.45, 7) is 18.3. The van der Waals surface area contributed by atoms with Crippen LogP contribution in [0.15, 0.2) is 70.5 Å². The van der Waals surface area contributed by atoms with Crippen LogP contribution in [0.3, 0.4) is 0 Å². The Kier molecular flexibility index (Phi) is 18.7. The number of amides is 1. The van der Waals surface area contributed by atoms with Gasteiger partial charge in [-0.3, -0.25) is 18.7 Å². The lowest BCUT2D eigenvalue weighted by molar-refractivity contribution is 0.0224. The van der Waals surface area contributed by atoms with Crippen molar-refractivity contribution in [2.45, 2.75) is 119 Å². The summed E-state index contributed by atoms with van der Waals surface area (Å²) in [4.78, 5) is 57.7. The second kappa shape index (κ2) is 23.7. The van der Waals surface area contributed by atoms with Crippen LogP contribution in [-0.4, -0.2) is 70.5 Å². The molecule has 360 valence electrons. The van der Waals surface area contributed by atoms with Crippen LogP contribution in [0.1, 0.15) is 121 Å². The summed E-state index contributed by atoms with van der Waals surface area (Å²) in [5, 5.41) is 37.4. The molecule has 1 amide bonds. The van der Waals surface area contributed by atoms with E-state index in [0.717, 1.165) is 54.9 Å². The third-order valence-electron chi connectivity index (χ3n) is 11.3. The number of nitrogens with one attached hydrogen (secondary N) is 3. The highest BCUT2D eigenvalue weighted by atomic mass is 35.5. The number of carbonyl (C=O) groups is 1. The van der Waals surface area contributed by atoms with Gasteiger partial charge in [-0.25, -0.2) is 14.8 Å². The van der Waals surface area contributed by atoms with Crippen molar-refractivity contribution in [3.05, 3.63) is 115 Å². The SMILES string of the molecule is C.CCC(C)n1c(=O)c(C#N)cc2cnc(Nc3ccc4c(c3)CCN(C(=O)OC(C)(C)C)C4)nc21.CCC(C)n1c(=O)c(C#N)cc2cnc(Nc3ccc4c(c3)CCNC4)nc21.CCO.Cl. The van der Waals surface area contributed by atoms with E-state index in [0.29, 0.717) is 53.5 Å². The standard InChI is InChI=1S/C26H30N6O3.C21H22N6O.C2H6O.CH4.ClH/c1-6-16(2)32-22-20(11-19(13-27)23(32)33)14-28-24(30-22)29-21-8-7-18-15-31(10-9-17(18)12-21)25(34)35-26(3,4)5;1-3-13(2)27-19-17(8-16(10-22)20(27)28)12-24-21(26-19)25-18-5-4-15-11-23-7-6-14(15)9-18;1-2-3;;/h7-8,11-12,14,16H,6,9-10,15H2,1-5H3,(H,28,29,30);4-5,8-9,12-13,23H,3,6-7,11H2,1-2H3,(H,24,25,26);3H,2H2,1H3;1H4;1H. The molecule has 2 aromatic carbocycles. The van der Waals surface area contributed by atoms with Gasteiger partial charge in [0.15, 0.2) is 0 Å². The van der Waals surface area contributed by atoms with Crippen LogP contribution in [0.2, 0.25) is 0 Å². The lowest BCUT2D eigenvalue weighted by Gasteiger charge is -2.31. The Morgan fingerprint density at radius 1 is 0.794 bits per heavy atom. The van der Waals surface area contributed by atoms with Crippen LogP contribution in [0.4, 0.5) is 28.1 Å². The van der Waals surface area contributed by atoms with E-state index in [1.807, 2.05) is 84.9 Å². The van der Waals surface area contributed by atoms with Crippen molar-refractivity contribution in [2.24, 2.45) is 0 Å². The maximum absolute atomic E-state index is 12.8.